The van der Waals surface area contributed by atoms with Crippen molar-refractivity contribution in [1.29, 1.82) is 0 Å². The maximum absolute atomic E-state index is 13.8. The predicted molar refractivity (Wildman–Crippen MR) is 83.3 cm³/mol. The van der Waals surface area contributed by atoms with Gasteiger partial charge in [-0.3, -0.25) is 4.79 Å². The Kier molecular flexibility index (Phi) is 4.53. The first-order chi connectivity index (χ1) is 11.5. The fourth-order valence-electron chi connectivity index (χ4n) is 2.97. The highest BCUT2D eigenvalue weighted by Crippen LogP contribution is 2.25. The quantitative estimate of drug-likeness (QED) is 0.923. The molecule has 2 aromatic rings. The summed E-state index contributed by atoms with van der Waals surface area (Å²) in [5.41, 5.74) is 1.01. The van der Waals surface area contributed by atoms with Gasteiger partial charge in [0.05, 0.1) is 18.9 Å². The number of hydrogen-bond donors (Lipinski definition) is 1. The number of hydrogen-bond acceptors (Lipinski definition) is 5. The molecule has 7 heteroatoms. The Morgan fingerprint density at radius 1 is 1.46 bits per heavy atom. The number of carbonyl (C=O) groups is 1. The van der Waals surface area contributed by atoms with Crippen LogP contribution in [0.1, 0.15) is 21.8 Å². The minimum Gasteiger partial charge on any atom is -0.494 e. The third-order valence-corrected chi connectivity index (χ3v) is 4.23. The largest absolute Gasteiger partial charge is 0.494 e. The van der Waals surface area contributed by atoms with Crippen molar-refractivity contribution in [3.8, 4) is 5.75 Å². The molecule has 24 heavy (non-hydrogen) atoms. The number of likely N-dealkylation sites (tertiary alicyclic amines) is 1. The summed E-state index contributed by atoms with van der Waals surface area (Å²) in [6.07, 6.45) is -0.148. The first-order valence-electron chi connectivity index (χ1n) is 7.71. The molecule has 1 saturated heterocycles. The van der Waals surface area contributed by atoms with Crippen LogP contribution in [0.3, 0.4) is 0 Å². The van der Waals surface area contributed by atoms with Gasteiger partial charge >= 0.3 is 0 Å². The van der Waals surface area contributed by atoms with E-state index in [2.05, 4.69) is 5.16 Å². The van der Waals surface area contributed by atoms with Crippen LogP contribution in [0.4, 0.5) is 4.39 Å². The van der Waals surface area contributed by atoms with Gasteiger partial charge in [-0.05, 0) is 25.1 Å². The monoisotopic (exact) mass is 334 g/mol. The van der Waals surface area contributed by atoms with E-state index in [1.807, 2.05) is 13.0 Å². The number of aromatic nitrogens is 1. The molecule has 1 N–H and O–H groups in total. The van der Waals surface area contributed by atoms with E-state index in [0.717, 1.165) is 11.8 Å². The van der Waals surface area contributed by atoms with E-state index in [9.17, 15) is 14.3 Å². The van der Waals surface area contributed by atoms with Crippen LogP contribution in [0.15, 0.2) is 28.8 Å². The molecular formula is C17H19FN2O4. The van der Waals surface area contributed by atoms with Crippen LogP contribution in [-0.4, -0.2) is 47.4 Å². The highest BCUT2D eigenvalue weighted by atomic mass is 19.1. The third-order valence-electron chi connectivity index (χ3n) is 4.23. The summed E-state index contributed by atoms with van der Waals surface area (Å²) in [6, 6.07) is 5.91. The molecule has 1 aromatic carbocycles. The van der Waals surface area contributed by atoms with E-state index in [4.69, 9.17) is 9.26 Å². The summed E-state index contributed by atoms with van der Waals surface area (Å²) in [6.45, 7) is 2.42. The zero-order valence-corrected chi connectivity index (χ0v) is 13.5. The van der Waals surface area contributed by atoms with E-state index >= 15 is 0 Å². The van der Waals surface area contributed by atoms with E-state index in [1.165, 1.54) is 24.1 Å². The van der Waals surface area contributed by atoms with Gasteiger partial charge in [-0.1, -0.05) is 5.16 Å². The van der Waals surface area contributed by atoms with Gasteiger partial charge in [0.1, 0.15) is 5.76 Å². The van der Waals surface area contributed by atoms with Crippen LogP contribution < -0.4 is 4.74 Å². The lowest BCUT2D eigenvalue weighted by Gasteiger charge is -2.16. The second-order valence-corrected chi connectivity index (χ2v) is 6.03. The molecule has 0 bridgehead atoms. The van der Waals surface area contributed by atoms with Gasteiger partial charge < -0.3 is 19.3 Å². The molecule has 3 rings (SSSR count). The van der Waals surface area contributed by atoms with Crippen LogP contribution in [-0.2, 0) is 6.42 Å². The average Bonchev–Trinajstić information content (AvgIpc) is 3.13. The zero-order valence-electron chi connectivity index (χ0n) is 13.5. The Morgan fingerprint density at radius 3 is 2.88 bits per heavy atom. The lowest BCUT2D eigenvalue weighted by atomic mass is 10.0. The molecule has 1 fully saturated rings. The SMILES string of the molecule is COc1ccc(C(=O)N2C[C@@H](Cc3cc(C)no3)[C@H](O)C2)cc1F. The molecule has 1 aliphatic rings. The normalized spacial score (nSPS) is 20.4. The van der Waals surface area contributed by atoms with Crippen molar-refractivity contribution in [2.45, 2.75) is 19.4 Å². The van der Waals surface area contributed by atoms with Gasteiger partial charge in [-0.25, -0.2) is 4.39 Å². The second kappa shape index (κ2) is 6.60. The van der Waals surface area contributed by atoms with E-state index in [-0.39, 0.29) is 29.7 Å². The highest BCUT2D eigenvalue weighted by molar-refractivity contribution is 5.94. The van der Waals surface area contributed by atoms with Crippen LogP contribution in [0, 0.1) is 18.7 Å². The van der Waals surface area contributed by atoms with Crippen molar-refractivity contribution in [3.63, 3.8) is 0 Å². The molecule has 0 aliphatic carbocycles. The van der Waals surface area contributed by atoms with Gasteiger partial charge in [0.15, 0.2) is 11.6 Å². The summed E-state index contributed by atoms with van der Waals surface area (Å²) in [5, 5.41) is 14.0. The molecule has 0 radical (unpaired) electrons. The molecule has 128 valence electrons. The Hall–Kier alpha value is -2.41. The van der Waals surface area contributed by atoms with E-state index in [1.54, 1.807) is 0 Å². The fourth-order valence-corrected chi connectivity index (χ4v) is 2.97. The summed E-state index contributed by atoms with van der Waals surface area (Å²) >= 11 is 0. The molecule has 0 spiro atoms. The van der Waals surface area contributed by atoms with Crippen LogP contribution >= 0.6 is 0 Å². The molecule has 1 amide bonds. The fraction of sp³-hybridized carbons (Fsp3) is 0.412. The number of halogens is 1. The van der Waals surface area contributed by atoms with Crippen molar-refractivity contribution in [1.82, 2.24) is 10.1 Å². The maximum Gasteiger partial charge on any atom is 0.254 e. The van der Waals surface area contributed by atoms with Crippen LogP contribution in [0.5, 0.6) is 5.75 Å². The van der Waals surface area contributed by atoms with E-state index in [0.29, 0.717) is 18.7 Å². The highest BCUT2D eigenvalue weighted by Gasteiger charge is 2.35. The van der Waals surface area contributed by atoms with Crippen LogP contribution in [0.2, 0.25) is 0 Å². The van der Waals surface area contributed by atoms with Crippen molar-refractivity contribution in [2.75, 3.05) is 20.2 Å². The molecule has 2 atom stereocenters. The van der Waals surface area contributed by atoms with Gasteiger partial charge in [-0.2, -0.15) is 0 Å². The standard InChI is InChI=1S/C17H19FN2O4/c1-10-5-13(24-19-10)6-12-8-20(9-15(12)21)17(22)11-3-4-16(23-2)14(18)7-11/h3-5,7,12,15,21H,6,8-9H2,1-2H3/t12-,15-/m1/s1. The Bertz CT molecular complexity index is 746. The number of benzene rings is 1. The van der Waals surface area contributed by atoms with Gasteiger partial charge in [0, 0.05) is 37.1 Å². The Labute approximate surface area is 138 Å². The van der Waals surface area contributed by atoms with Crippen molar-refractivity contribution in [2.24, 2.45) is 5.92 Å². The van der Waals surface area contributed by atoms with Gasteiger partial charge in [0.2, 0.25) is 0 Å². The number of aryl methyl sites for hydroxylation is 1. The number of β-amino-alcohol motifs (C(OH)–C–C–N with tert-alkyl or cyclic N) is 1. The van der Waals surface area contributed by atoms with E-state index < -0.39 is 11.9 Å². The molecule has 0 unspecified atom stereocenters. The Balaban J connectivity index is 1.69. The summed E-state index contributed by atoms with van der Waals surface area (Å²) in [7, 11) is 1.37. The van der Waals surface area contributed by atoms with Crippen molar-refractivity contribution >= 4 is 5.91 Å². The molecule has 1 aliphatic heterocycles. The maximum atomic E-state index is 13.8. The molecule has 6 nitrogen and oxygen atoms in total. The number of methoxy groups -OCH3 is 1. The topological polar surface area (TPSA) is 75.8 Å². The average molecular weight is 334 g/mol. The molecule has 1 aromatic heterocycles. The first-order valence-corrected chi connectivity index (χ1v) is 7.71. The van der Waals surface area contributed by atoms with Gasteiger partial charge in [-0.15, -0.1) is 0 Å². The number of amides is 1. The lowest BCUT2D eigenvalue weighted by molar-refractivity contribution is 0.0764. The molecule has 2 heterocycles. The number of aliphatic hydroxyl groups is 1. The number of rotatable bonds is 4. The zero-order chi connectivity index (χ0) is 17.3. The lowest BCUT2D eigenvalue weighted by Crippen LogP contribution is -2.29. The van der Waals surface area contributed by atoms with Crippen LogP contribution in [0.25, 0.3) is 0 Å². The smallest absolute Gasteiger partial charge is 0.254 e. The first kappa shape index (κ1) is 16.4. The van der Waals surface area contributed by atoms with Gasteiger partial charge in [0.25, 0.3) is 5.91 Å². The second-order valence-electron chi connectivity index (χ2n) is 6.03. The Morgan fingerprint density at radius 2 is 2.25 bits per heavy atom. The van der Waals surface area contributed by atoms with Crippen molar-refractivity contribution < 1.29 is 23.6 Å². The number of nitrogens with zero attached hydrogens (tertiary/aromatic N) is 2. The number of ether oxygens (including phenoxy) is 1. The van der Waals surface area contributed by atoms with Crippen molar-refractivity contribution in [3.05, 3.63) is 47.1 Å². The summed E-state index contributed by atoms with van der Waals surface area (Å²) < 4.78 is 23.8. The number of aliphatic hydroxyl groups excluding tert-OH is 1. The number of carbonyl (C=O) groups excluding carboxylic acids is 1. The molecular weight excluding hydrogens is 315 g/mol. The summed E-state index contributed by atoms with van der Waals surface area (Å²) in [4.78, 5) is 14.0. The third kappa shape index (κ3) is 3.26. The predicted octanol–water partition coefficient (Wildman–Crippen LogP) is 1.81. The molecule has 0 saturated carbocycles. The minimum absolute atomic E-state index is 0.0894. The summed E-state index contributed by atoms with van der Waals surface area (Å²) in [5.74, 6) is -0.263. The minimum atomic E-state index is -0.651.